The molecule has 0 aromatic heterocycles. The first-order chi connectivity index (χ1) is 13.0. The molecule has 0 aromatic carbocycles. The number of rotatable bonds is 2. The molecule has 0 saturated heterocycles. The smallest absolute Gasteiger partial charge is 0.178 e. The lowest BCUT2D eigenvalue weighted by molar-refractivity contribution is -0.134. The SMILES string of the molecule is C[C@H]1C[C@H]2[C@@H]3C[C@H](C)[C@H](C(=O)CCl)[C@@]3(C)C[C@H](O)[C@]2(Br)[C@@]2(C)C=CC(=O)C=C12. The predicted octanol–water partition coefficient (Wildman–Crippen LogP) is 4.70. The lowest BCUT2D eigenvalue weighted by Crippen LogP contribution is -2.66. The van der Waals surface area contributed by atoms with Crippen LogP contribution in [0, 0.1) is 40.4 Å². The van der Waals surface area contributed by atoms with Crippen molar-refractivity contribution in [2.45, 2.75) is 57.4 Å². The summed E-state index contributed by atoms with van der Waals surface area (Å²) in [6.07, 6.45) is 7.32. The molecule has 0 spiro atoms. The number of ketones is 2. The van der Waals surface area contributed by atoms with E-state index in [2.05, 4.69) is 43.6 Å². The molecule has 4 aliphatic rings. The molecule has 9 atom stereocenters. The number of alkyl halides is 2. The van der Waals surface area contributed by atoms with Crippen molar-refractivity contribution in [1.82, 2.24) is 0 Å². The van der Waals surface area contributed by atoms with Gasteiger partial charge in [0, 0.05) is 11.3 Å². The van der Waals surface area contributed by atoms with E-state index in [0.717, 1.165) is 18.4 Å². The van der Waals surface area contributed by atoms with E-state index in [4.69, 9.17) is 11.6 Å². The highest BCUT2D eigenvalue weighted by atomic mass is 79.9. The van der Waals surface area contributed by atoms with E-state index >= 15 is 0 Å². The maximum atomic E-state index is 12.7. The standard InChI is InChI=1S/C23H30BrClO3/c1-12-7-17-16-8-13(2)20(18(27)11-25)21(16,3)10-19(28)23(17,24)22(4)6-5-14(26)9-15(12)22/h5-6,9,12-13,16-17,19-20,28H,7-8,10-11H2,1-4H3/t12-,13-,16-,17-,19-,20+,21-,22-,23-/m0/s1. The Morgan fingerprint density at radius 1 is 1.29 bits per heavy atom. The van der Waals surface area contributed by atoms with Crippen LogP contribution in [0.1, 0.15) is 47.0 Å². The van der Waals surface area contributed by atoms with Crippen molar-refractivity contribution >= 4 is 39.1 Å². The Kier molecular flexibility index (Phi) is 4.85. The Hall–Kier alpha value is -0.450. The van der Waals surface area contributed by atoms with Crippen LogP contribution in [0.5, 0.6) is 0 Å². The van der Waals surface area contributed by atoms with Crippen LogP contribution in [0.25, 0.3) is 0 Å². The Labute approximate surface area is 181 Å². The number of aliphatic hydroxyl groups is 1. The average molecular weight is 470 g/mol. The van der Waals surface area contributed by atoms with Gasteiger partial charge in [-0.3, -0.25) is 9.59 Å². The summed E-state index contributed by atoms with van der Waals surface area (Å²) in [6, 6.07) is 0. The summed E-state index contributed by atoms with van der Waals surface area (Å²) < 4.78 is -0.529. The largest absolute Gasteiger partial charge is 0.392 e. The van der Waals surface area contributed by atoms with Crippen molar-refractivity contribution in [2.24, 2.45) is 40.4 Å². The molecule has 0 aromatic rings. The van der Waals surface area contributed by atoms with Gasteiger partial charge < -0.3 is 5.11 Å². The second kappa shape index (κ2) is 6.52. The normalized spacial score (nSPS) is 52.5. The van der Waals surface area contributed by atoms with Gasteiger partial charge >= 0.3 is 0 Å². The average Bonchev–Trinajstić information content (AvgIpc) is 2.89. The second-order valence-corrected chi connectivity index (χ2v) is 11.8. The van der Waals surface area contributed by atoms with Crippen LogP contribution in [0.4, 0.5) is 0 Å². The fourth-order valence-electron chi connectivity index (χ4n) is 7.74. The number of allylic oxidation sites excluding steroid dienone is 4. The van der Waals surface area contributed by atoms with Crippen molar-refractivity contribution in [3.05, 3.63) is 23.8 Å². The molecular formula is C23H30BrClO3. The van der Waals surface area contributed by atoms with Crippen LogP contribution in [0.3, 0.4) is 0 Å². The molecule has 0 unspecified atom stereocenters. The maximum absolute atomic E-state index is 12.7. The lowest BCUT2D eigenvalue weighted by atomic mass is 9.45. The molecule has 4 aliphatic carbocycles. The van der Waals surface area contributed by atoms with Crippen LogP contribution < -0.4 is 0 Å². The molecular weight excluding hydrogens is 440 g/mol. The number of hydrogen-bond acceptors (Lipinski definition) is 3. The molecule has 0 bridgehead atoms. The van der Waals surface area contributed by atoms with E-state index in [9.17, 15) is 14.7 Å². The van der Waals surface area contributed by atoms with E-state index in [-0.39, 0.29) is 46.5 Å². The fourth-order valence-corrected chi connectivity index (χ4v) is 8.93. The zero-order valence-corrected chi connectivity index (χ0v) is 19.4. The van der Waals surface area contributed by atoms with Crippen molar-refractivity contribution in [2.75, 3.05) is 5.88 Å². The molecule has 0 amide bonds. The minimum atomic E-state index is -0.603. The minimum absolute atomic E-state index is 0.0336. The van der Waals surface area contributed by atoms with Crippen LogP contribution >= 0.6 is 27.5 Å². The van der Waals surface area contributed by atoms with Gasteiger partial charge in [0.25, 0.3) is 0 Å². The van der Waals surface area contributed by atoms with Gasteiger partial charge in [-0.25, -0.2) is 0 Å². The number of hydrogen-bond donors (Lipinski definition) is 1. The molecule has 154 valence electrons. The van der Waals surface area contributed by atoms with Gasteiger partial charge in [0.2, 0.25) is 0 Å². The first-order valence-electron chi connectivity index (χ1n) is 10.4. The number of carbonyl (C=O) groups is 2. The van der Waals surface area contributed by atoms with E-state index in [1.807, 2.05) is 6.08 Å². The number of Topliss-reactive ketones (excluding diaryl/α,β-unsaturated/α-hetero) is 1. The molecule has 0 aliphatic heterocycles. The fraction of sp³-hybridized carbons (Fsp3) is 0.739. The molecule has 28 heavy (non-hydrogen) atoms. The van der Waals surface area contributed by atoms with Gasteiger partial charge in [-0.1, -0.05) is 55.3 Å². The van der Waals surface area contributed by atoms with Crippen LogP contribution in [0.15, 0.2) is 23.8 Å². The number of carbonyl (C=O) groups excluding carboxylic acids is 2. The van der Waals surface area contributed by atoms with Crippen LogP contribution in [0.2, 0.25) is 0 Å². The van der Waals surface area contributed by atoms with E-state index in [1.165, 1.54) is 0 Å². The van der Waals surface area contributed by atoms with E-state index < -0.39 is 15.8 Å². The molecule has 4 rings (SSSR count). The third kappa shape index (κ3) is 2.43. The van der Waals surface area contributed by atoms with Gasteiger partial charge in [-0.05, 0) is 60.5 Å². The summed E-state index contributed by atoms with van der Waals surface area (Å²) >= 11 is 10.0. The Morgan fingerprint density at radius 2 is 1.96 bits per heavy atom. The topological polar surface area (TPSA) is 54.4 Å². The molecule has 3 saturated carbocycles. The highest BCUT2D eigenvalue weighted by Crippen LogP contribution is 2.71. The number of halogens is 2. The van der Waals surface area contributed by atoms with Crippen LogP contribution in [-0.4, -0.2) is 33.0 Å². The Balaban J connectivity index is 1.84. The molecule has 3 nitrogen and oxygen atoms in total. The number of aliphatic hydroxyl groups excluding tert-OH is 1. The molecule has 5 heteroatoms. The quantitative estimate of drug-likeness (QED) is 0.597. The summed E-state index contributed by atoms with van der Waals surface area (Å²) in [6.45, 7) is 8.72. The monoisotopic (exact) mass is 468 g/mol. The van der Waals surface area contributed by atoms with Gasteiger partial charge in [0.1, 0.15) is 0 Å². The van der Waals surface area contributed by atoms with Gasteiger partial charge in [-0.2, -0.15) is 0 Å². The summed E-state index contributed by atoms with van der Waals surface area (Å²) in [7, 11) is 0. The summed E-state index contributed by atoms with van der Waals surface area (Å²) in [5.74, 6) is 1.21. The van der Waals surface area contributed by atoms with E-state index in [0.29, 0.717) is 12.3 Å². The van der Waals surface area contributed by atoms with Crippen molar-refractivity contribution in [1.29, 1.82) is 0 Å². The van der Waals surface area contributed by atoms with Crippen molar-refractivity contribution in [3.8, 4) is 0 Å². The summed E-state index contributed by atoms with van der Waals surface area (Å²) in [5, 5.41) is 11.6. The number of fused-ring (bicyclic) bond motifs is 5. The van der Waals surface area contributed by atoms with Crippen LogP contribution in [-0.2, 0) is 9.59 Å². The molecule has 0 radical (unpaired) electrons. The Morgan fingerprint density at radius 3 is 2.61 bits per heavy atom. The highest BCUT2D eigenvalue weighted by Gasteiger charge is 2.70. The zero-order chi connectivity index (χ0) is 20.6. The first kappa shape index (κ1) is 20.8. The highest BCUT2D eigenvalue weighted by molar-refractivity contribution is 9.10. The lowest BCUT2D eigenvalue weighted by Gasteiger charge is -2.64. The zero-order valence-electron chi connectivity index (χ0n) is 17.0. The van der Waals surface area contributed by atoms with Gasteiger partial charge in [-0.15, -0.1) is 11.6 Å². The van der Waals surface area contributed by atoms with Gasteiger partial charge in [0.15, 0.2) is 11.6 Å². The van der Waals surface area contributed by atoms with E-state index in [1.54, 1.807) is 12.2 Å². The summed E-state index contributed by atoms with van der Waals surface area (Å²) in [5.41, 5.74) is 0.468. The minimum Gasteiger partial charge on any atom is -0.392 e. The Bertz CT molecular complexity index is 791. The predicted molar refractivity (Wildman–Crippen MR) is 114 cm³/mol. The molecule has 3 fully saturated rings. The second-order valence-electron chi connectivity index (χ2n) is 10.2. The summed E-state index contributed by atoms with van der Waals surface area (Å²) in [4.78, 5) is 24.8. The first-order valence-corrected chi connectivity index (χ1v) is 11.7. The third-order valence-corrected chi connectivity index (χ3v) is 11.0. The third-order valence-electron chi connectivity index (χ3n) is 8.79. The van der Waals surface area contributed by atoms with Crippen molar-refractivity contribution < 1.29 is 14.7 Å². The molecule has 1 N–H and O–H groups in total. The van der Waals surface area contributed by atoms with Crippen molar-refractivity contribution in [3.63, 3.8) is 0 Å². The maximum Gasteiger partial charge on any atom is 0.178 e. The van der Waals surface area contributed by atoms with Gasteiger partial charge in [0.05, 0.1) is 16.3 Å². The molecule has 0 heterocycles.